The first-order valence-corrected chi connectivity index (χ1v) is 16.6. The van der Waals surface area contributed by atoms with Gasteiger partial charge in [0.25, 0.3) is 10.0 Å². The number of anilines is 1. The fraction of sp³-hybridized carbons (Fsp3) is 0.394. The molecule has 1 aliphatic rings. The molecule has 0 aliphatic heterocycles. The summed E-state index contributed by atoms with van der Waals surface area (Å²) in [5.74, 6) is 0.126. The molecule has 0 bridgehead atoms. The largest absolute Gasteiger partial charge is 0.497 e. The first-order chi connectivity index (χ1) is 22.0. The van der Waals surface area contributed by atoms with Gasteiger partial charge in [0, 0.05) is 29.7 Å². The van der Waals surface area contributed by atoms with E-state index in [1.165, 1.54) is 57.6 Å². The summed E-state index contributed by atoms with van der Waals surface area (Å²) < 4.78 is 51.4. The van der Waals surface area contributed by atoms with Gasteiger partial charge in [0.2, 0.25) is 11.8 Å². The van der Waals surface area contributed by atoms with Crippen LogP contribution in [-0.2, 0) is 26.2 Å². The zero-order valence-electron chi connectivity index (χ0n) is 26.6. The van der Waals surface area contributed by atoms with Gasteiger partial charge in [-0.2, -0.15) is 0 Å². The van der Waals surface area contributed by atoms with Crippen molar-refractivity contribution in [2.24, 2.45) is 0 Å². The third kappa shape index (κ3) is 7.97. The highest BCUT2D eigenvalue weighted by atomic mass is 35.5. The first-order valence-electron chi connectivity index (χ1n) is 14.8. The Morgan fingerprint density at radius 3 is 2.11 bits per heavy atom. The van der Waals surface area contributed by atoms with Gasteiger partial charge < -0.3 is 29.2 Å². The highest BCUT2D eigenvalue weighted by molar-refractivity contribution is 7.92. The molecule has 3 aromatic rings. The molecule has 0 unspecified atom stereocenters. The number of carbonyl (C=O) groups excluding carboxylic acids is 2. The summed E-state index contributed by atoms with van der Waals surface area (Å²) in [5, 5.41) is 3.58. The molecule has 2 amide bonds. The van der Waals surface area contributed by atoms with E-state index in [-0.39, 0.29) is 40.6 Å². The molecule has 1 saturated carbocycles. The maximum absolute atomic E-state index is 14.4. The maximum atomic E-state index is 14.4. The molecule has 11 nitrogen and oxygen atoms in total. The minimum absolute atomic E-state index is 0.0328. The molecular weight excluding hydrogens is 634 g/mol. The molecule has 248 valence electrons. The van der Waals surface area contributed by atoms with E-state index in [0.29, 0.717) is 22.1 Å². The average Bonchev–Trinajstić information content (AvgIpc) is 3.58. The van der Waals surface area contributed by atoms with Gasteiger partial charge in [0.1, 0.15) is 24.1 Å². The monoisotopic (exact) mass is 673 g/mol. The Hall–Kier alpha value is -4.16. The van der Waals surface area contributed by atoms with Gasteiger partial charge in [-0.1, -0.05) is 36.6 Å². The van der Waals surface area contributed by atoms with Crippen LogP contribution in [0.4, 0.5) is 5.69 Å². The third-order valence-corrected chi connectivity index (χ3v) is 10.0. The van der Waals surface area contributed by atoms with Crippen molar-refractivity contribution in [2.75, 3.05) is 39.3 Å². The topological polar surface area (TPSA) is 124 Å². The van der Waals surface area contributed by atoms with Crippen molar-refractivity contribution in [1.82, 2.24) is 10.2 Å². The Kier molecular flexibility index (Phi) is 11.6. The molecule has 0 aromatic heterocycles. The van der Waals surface area contributed by atoms with Crippen LogP contribution in [0.3, 0.4) is 0 Å². The van der Waals surface area contributed by atoms with Crippen molar-refractivity contribution in [2.45, 2.75) is 56.1 Å². The molecule has 1 aliphatic carbocycles. The van der Waals surface area contributed by atoms with Crippen LogP contribution in [0.2, 0.25) is 5.02 Å². The molecule has 3 aromatic carbocycles. The molecule has 0 spiro atoms. The molecule has 4 rings (SSSR count). The van der Waals surface area contributed by atoms with Crippen LogP contribution in [0.15, 0.2) is 65.6 Å². The Balaban J connectivity index is 1.79. The van der Waals surface area contributed by atoms with E-state index in [1.807, 2.05) is 0 Å². The minimum Gasteiger partial charge on any atom is -0.497 e. The normalized spacial score (nSPS) is 13.9. The van der Waals surface area contributed by atoms with Crippen molar-refractivity contribution in [3.05, 3.63) is 71.2 Å². The Morgan fingerprint density at radius 2 is 1.50 bits per heavy atom. The van der Waals surface area contributed by atoms with Crippen molar-refractivity contribution >= 4 is 39.1 Å². The number of sulfonamides is 1. The smallest absolute Gasteiger partial charge is 0.265 e. The summed E-state index contributed by atoms with van der Waals surface area (Å²) >= 11 is 6.10. The van der Waals surface area contributed by atoms with E-state index in [1.54, 1.807) is 43.3 Å². The molecule has 0 radical (unpaired) electrons. The SMILES string of the molecule is COc1ccc(OC)c(N(CC(=O)N(Cc2ccc(Cl)cc2)[C@H](C)C(=O)NC2CCCC2)S(=O)(=O)c2ccc(OC)c(OC)c2)c1. The number of halogens is 1. The van der Waals surface area contributed by atoms with Gasteiger partial charge >= 0.3 is 0 Å². The summed E-state index contributed by atoms with van der Waals surface area (Å²) in [6.07, 6.45) is 3.79. The molecule has 0 heterocycles. The standard InChI is InChI=1S/C33H40ClN3O8S/c1-22(33(39)35-25-8-6-7-9-25)36(20-23-10-12-24(34)13-11-23)32(38)21-37(28-18-26(42-2)14-16-29(28)43-3)46(40,41)27-15-17-30(44-4)31(19-27)45-5/h10-19,22,25H,6-9,20-21H2,1-5H3,(H,35,39)/t22-/m1/s1. The summed E-state index contributed by atoms with van der Waals surface area (Å²) in [4.78, 5) is 29.0. The van der Waals surface area contributed by atoms with E-state index in [0.717, 1.165) is 30.0 Å². The van der Waals surface area contributed by atoms with Gasteiger partial charge in [0.15, 0.2) is 11.5 Å². The molecule has 1 atom stereocenters. The van der Waals surface area contributed by atoms with Gasteiger partial charge in [-0.05, 0) is 61.7 Å². The maximum Gasteiger partial charge on any atom is 0.265 e. The molecule has 46 heavy (non-hydrogen) atoms. The lowest BCUT2D eigenvalue weighted by Gasteiger charge is -2.33. The lowest BCUT2D eigenvalue weighted by Crippen LogP contribution is -2.52. The number of nitrogens with one attached hydrogen (secondary N) is 1. The molecular formula is C33H40ClN3O8S. The number of hydrogen-bond acceptors (Lipinski definition) is 8. The number of hydrogen-bond donors (Lipinski definition) is 1. The highest BCUT2D eigenvalue weighted by Crippen LogP contribution is 2.38. The first kappa shape index (κ1) is 34.7. The quantitative estimate of drug-likeness (QED) is 0.252. The van der Waals surface area contributed by atoms with Crippen LogP contribution in [0.1, 0.15) is 38.2 Å². The van der Waals surface area contributed by atoms with Crippen molar-refractivity contribution < 1.29 is 37.0 Å². The fourth-order valence-electron chi connectivity index (χ4n) is 5.37. The van der Waals surface area contributed by atoms with Gasteiger partial charge in [0.05, 0.1) is 39.0 Å². The summed E-state index contributed by atoms with van der Waals surface area (Å²) in [7, 11) is 1.24. The Bertz CT molecular complexity index is 1630. The van der Waals surface area contributed by atoms with Crippen LogP contribution in [0.5, 0.6) is 23.0 Å². The number of amides is 2. The van der Waals surface area contributed by atoms with E-state index in [9.17, 15) is 18.0 Å². The predicted molar refractivity (Wildman–Crippen MR) is 175 cm³/mol. The summed E-state index contributed by atoms with van der Waals surface area (Å²) in [6, 6.07) is 14.8. The number of carbonyl (C=O) groups is 2. The number of methoxy groups -OCH3 is 4. The fourth-order valence-corrected chi connectivity index (χ4v) is 6.93. The minimum atomic E-state index is -4.44. The van der Waals surface area contributed by atoms with Crippen LogP contribution >= 0.6 is 11.6 Å². The molecule has 1 N–H and O–H groups in total. The zero-order chi connectivity index (χ0) is 33.4. The van der Waals surface area contributed by atoms with Crippen molar-refractivity contribution in [1.29, 1.82) is 0 Å². The average molecular weight is 674 g/mol. The van der Waals surface area contributed by atoms with Crippen LogP contribution < -0.4 is 28.6 Å². The lowest BCUT2D eigenvalue weighted by atomic mass is 10.1. The van der Waals surface area contributed by atoms with Gasteiger partial charge in [-0.25, -0.2) is 8.42 Å². The Labute approximate surface area is 275 Å². The summed E-state index contributed by atoms with van der Waals surface area (Å²) in [5.41, 5.74) is 0.783. The van der Waals surface area contributed by atoms with Gasteiger partial charge in [-0.15, -0.1) is 0 Å². The highest BCUT2D eigenvalue weighted by Gasteiger charge is 2.35. The van der Waals surface area contributed by atoms with Crippen LogP contribution in [0.25, 0.3) is 0 Å². The van der Waals surface area contributed by atoms with E-state index >= 15 is 0 Å². The second kappa shape index (κ2) is 15.4. The number of rotatable bonds is 14. The number of nitrogens with zero attached hydrogens (tertiary/aromatic N) is 2. The molecule has 13 heteroatoms. The van der Waals surface area contributed by atoms with Gasteiger partial charge in [-0.3, -0.25) is 13.9 Å². The lowest BCUT2D eigenvalue weighted by molar-refractivity contribution is -0.139. The second-order valence-electron chi connectivity index (χ2n) is 10.9. The van der Waals surface area contributed by atoms with Crippen molar-refractivity contribution in [3.63, 3.8) is 0 Å². The van der Waals surface area contributed by atoms with Crippen molar-refractivity contribution in [3.8, 4) is 23.0 Å². The van der Waals surface area contributed by atoms with Crippen LogP contribution in [0, 0.1) is 0 Å². The Morgan fingerprint density at radius 1 is 0.870 bits per heavy atom. The predicted octanol–water partition coefficient (Wildman–Crippen LogP) is 5.05. The van der Waals surface area contributed by atoms with E-state index < -0.39 is 28.5 Å². The molecule has 1 fully saturated rings. The number of benzene rings is 3. The number of ether oxygens (including phenoxy) is 4. The third-order valence-electron chi connectivity index (χ3n) is 8.01. The zero-order valence-corrected chi connectivity index (χ0v) is 28.2. The van der Waals surface area contributed by atoms with E-state index in [4.69, 9.17) is 30.5 Å². The van der Waals surface area contributed by atoms with Crippen LogP contribution in [-0.4, -0.2) is 72.2 Å². The summed E-state index contributed by atoms with van der Waals surface area (Å²) in [6.45, 7) is 1.01. The second-order valence-corrected chi connectivity index (χ2v) is 13.2. The van der Waals surface area contributed by atoms with E-state index in [2.05, 4.69) is 5.32 Å². The molecule has 0 saturated heterocycles.